The Kier molecular flexibility index (Phi) is 6.51. The summed E-state index contributed by atoms with van der Waals surface area (Å²) in [7, 11) is 3.91. The molecule has 0 amide bonds. The van der Waals surface area contributed by atoms with Crippen LogP contribution >= 0.6 is 0 Å². The van der Waals surface area contributed by atoms with Crippen molar-refractivity contribution in [2.45, 2.75) is 25.9 Å². The Bertz CT molecular complexity index is 75.4. The molecule has 0 aromatic heterocycles. The lowest BCUT2D eigenvalue weighted by Crippen LogP contribution is -2.38. The highest BCUT2D eigenvalue weighted by molar-refractivity contribution is 4.68. The standard InChI is InChI=1S/C8H20N3/c1-7(5-9-3)11-8(2)6-10-4/h7-10H,5-6H2,1-4H3. The number of nitrogens with one attached hydrogen (secondary N) is 2. The minimum absolute atomic E-state index is 0.420. The number of likely N-dealkylation sites (N-methyl/N-ethyl adjacent to an activating group) is 2. The summed E-state index contributed by atoms with van der Waals surface area (Å²) in [5.41, 5.74) is 0. The Morgan fingerprint density at radius 3 is 1.64 bits per heavy atom. The van der Waals surface area contributed by atoms with Crippen LogP contribution in [0.1, 0.15) is 13.8 Å². The Balaban J connectivity index is 3.32. The molecule has 0 aromatic carbocycles. The van der Waals surface area contributed by atoms with Gasteiger partial charge in [0.15, 0.2) is 0 Å². The van der Waals surface area contributed by atoms with Crippen LogP contribution in [0.5, 0.6) is 0 Å². The first-order chi connectivity index (χ1) is 5.20. The van der Waals surface area contributed by atoms with Gasteiger partial charge in [-0.2, -0.15) is 0 Å². The molecule has 0 bridgehead atoms. The summed E-state index contributed by atoms with van der Waals surface area (Å²) in [5, 5.41) is 10.7. The summed E-state index contributed by atoms with van der Waals surface area (Å²) in [5.74, 6) is 0. The van der Waals surface area contributed by atoms with Crippen molar-refractivity contribution >= 4 is 0 Å². The van der Waals surface area contributed by atoms with Gasteiger partial charge in [-0.3, -0.25) is 0 Å². The van der Waals surface area contributed by atoms with Gasteiger partial charge in [0, 0.05) is 25.2 Å². The lowest BCUT2D eigenvalue weighted by atomic mass is 10.2. The molecule has 0 aliphatic rings. The Morgan fingerprint density at radius 1 is 1.00 bits per heavy atom. The maximum atomic E-state index is 4.53. The molecule has 0 aliphatic carbocycles. The van der Waals surface area contributed by atoms with E-state index in [2.05, 4.69) is 29.8 Å². The molecular weight excluding hydrogens is 138 g/mol. The maximum absolute atomic E-state index is 4.53. The van der Waals surface area contributed by atoms with E-state index in [1.807, 2.05) is 14.1 Å². The van der Waals surface area contributed by atoms with E-state index >= 15 is 0 Å². The van der Waals surface area contributed by atoms with Crippen LogP contribution < -0.4 is 16.0 Å². The molecule has 0 aliphatic heterocycles. The van der Waals surface area contributed by atoms with E-state index in [4.69, 9.17) is 0 Å². The predicted octanol–water partition coefficient (Wildman–Crippen LogP) is -0.193. The average Bonchev–Trinajstić information content (AvgIpc) is 1.87. The van der Waals surface area contributed by atoms with Crippen LogP contribution in [0.2, 0.25) is 0 Å². The monoisotopic (exact) mass is 158 g/mol. The number of rotatable bonds is 6. The molecule has 2 atom stereocenters. The van der Waals surface area contributed by atoms with E-state index in [0.29, 0.717) is 12.1 Å². The van der Waals surface area contributed by atoms with E-state index < -0.39 is 0 Å². The van der Waals surface area contributed by atoms with Crippen molar-refractivity contribution in [1.82, 2.24) is 16.0 Å². The molecule has 2 unspecified atom stereocenters. The average molecular weight is 158 g/mol. The van der Waals surface area contributed by atoms with Crippen molar-refractivity contribution in [2.24, 2.45) is 0 Å². The van der Waals surface area contributed by atoms with Crippen LogP contribution in [0.4, 0.5) is 0 Å². The summed E-state index contributed by atoms with van der Waals surface area (Å²) >= 11 is 0. The minimum Gasteiger partial charge on any atom is -0.318 e. The highest BCUT2D eigenvalue weighted by Gasteiger charge is 2.06. The summed E-state index contributed by atoms with van der Waals surface area (Å²) in [4.78, 5) is 0. The molecule has 11 heavy (non-hydrogen) atoms. The summed E-state index contributed by atoms with van der Waals surface area (Å²) in [6, 6.07) is 0.840. The van der Waals surface area contributed by atoms with E-state index in [1.165, 1.54) is 0 Å². The van der Waals surface area contributed by atoms with Gasteiger partial charge in [-0.05, 0) is 27.9 Å². The molecule has 0 heterocycles. The van der Waals surface area contributed by atoms with Crippen LogP contribution in [0.3, 0.4) is 0 Å². The van der Waals surface area contributed by atoms with Gasteiger partial charge in [-0.15, -0.1) is 0 Å². The molecule has 0 spiro atoms. The van der Waals surface area contributed by atoms with E-state index in [-0.39, 0.29) is 0 Å². The first-order valence-electron chi connectivity index (χ1n) is 4.19. The molecule has 3 nitrogen and oxygen atoms in total. The zero-order chi connectivity index (χ0) is 8.69. The van der Waals surface area contributed by atoms with Crippen LogP contribution in [-0.2, 0) is 0 Å². The molecule has 0 aromatic rings. The van der Waals surface area contributed by atoms with Crippen molar-refractivity contribution in [3.8, 4) is 0 Å². The molecule has 0 rings (SSSR count). The molecule has 3 heteroatoms. The Morgan fingerprint density at radius 2 is 1.36 bits per heavy atom. The van der Waals surface area contributed by atoms with Crippen molar-refractivity contribution in [1.29, 1.82) is 0 Å². The Labute approximate surface area is 69.9 Å². The second-order valence-corrected chi connectivity index (χ2v) is 2.96. The van der Waals surface area contributed by atoms with Crippen LogP contribution in [0.25, 0.3) is 0 Å². The normalized spacial score (nSPS) is 16.4. The second-order valence-electron chi connectivity index (χ2n) is 2.96. The number of nitrogens with zero attached hydrogens (tertiary/aromatic N) is 1. The zero-order valence-electron chi connectivity index (χ0n) is 8.02. The maximum Gasteiger partial charge on any atom is 0.0346 e. The van der Waals surface area contributed by atoms with Gasteiger partial charge in [0.25, 0.3) is 0 Å². The summed E-state index contributed by atoms with van der Waals surface area (Å²) < 4.78 is 0. The van der Waals surface area contributed by atoms with Gasteiger partial charge in [0.1, 0.15) is 0 Å². The minimum atomic E-state index is 0.420. The smallest absolute Gasteiger partial charge is 0.0346 e. The highest BCUT2D eigenvalue weighted by atomic mass is 15.0. The number of hydrogen-bond donors (Lipinski definition) is 2. The highest BCUT2D eigenvalue weighted by Crippen LogP contribution is 1.87. The summed E-state index contributed by atoms with van der Waals surface area (Å²) in [6.45, 7) is 6.19. The van der Waals surface area contributed by atoms with Gasteiger partial charge in [0.05, 0.1) is 0 Å². The first kappa shape index (κ1) is 10.9. The van der Waals surface area contributed by atoms with E-state index in [9.17, 15) is 0 Å². The largest absolute Gasteiger partial charge is 0.318 e. The van der Waals surface area contributed by atoms with E-state index in [0.717, 1.165) is 13.1 Å². The molecule has 0 saturated carbocycles. The first-order valence-corrected chi connectivity index (χ1v) is 4.19. The van der Waals surface area contributed by atoms with Gasteiger partial charge < -0.3 is 10.6 Å². The molecule has 0 fully saturated rings. The zero-order valence-corrected chi connectivity index (χ0v) is 8.02. The lowest BCUT2D eigenvalue weighted by Gasteiger charge is -2.16. The SMILES string of the molecule is CNCC(C)[N]C(C)CNC. The van der Waals surface area contributed by atoms with E-state index in [1.54, 1.807) is 0 Å². The third kappa shape index (κ3) is 6.28. The van der Waals surface area contributed by atoms with Gasteiger partial charge in [-0.1, -0.05) is 0 Å². The second kappa shape index (κ2) is 6.58. The van der Waals surface area contributed by atoms with Crippen LogP contribution in [0.15, 0.2) is 0 Å². The third-order valence-electron chi connectivity index (χ3n) is 1.51. The lowest BCUT2D eigenvalue weighted by molar-refractivity contribution is 0.433. The number of hydrogen-bond acceptors (Lipinski definition) is 2. The van der Waals surface area contributed by atoms with Crippen molar-refractivity contribution in [3.63, 3.8) is 0 Å². The van der Waals surface area contributed by atoms with Gasteiger partial charge >= 0.3 is 0 Å². The molecule has 2 N–H and O–H groups in total. The van der Waals surface area contributed by atoms with Crippen molar-refractivity contribution in [3.05, 3.63) is 0 Å². The predicted molar refractivity (Wildman–Crippen MR) is 48.9 cm³/mol. The molecule has 67 valence electrons. The topological polar surface area (TPSA) is 38.2 Å². The van der Waals surface area contributed by atoms with Gasteiger partial charge in [0.2, 0.25) is 0 Å². The fraction of sp³-hybridized carbons (Fsp3) is 1.00. The third-order valence-corrected chi connectivity index (χ3v) is 1.51. The van der Waals surface area contributed by atoms with Crippen molar-refractivity contribution < 1.29 is 0 Å². The fourth-order valence-electron chi connectivity index (χ4n) is 1.13. The van der Waals surface area contributed by atoms with Gasteiger partial charge in [-0.25, -0.2) is 5.32 Å². The molecule has 0 saturated heterocycles. The molecular formula is C8H20N3. The van der Waals surface area contributed by atoms with Crippen molar-refractivity contribution in [2.75, 3.05) is 27.2 Å². The van der Waals surface area contributed by atoms with Crippen LogP contribution in [0, 0.1) is 0 Å². The summed E-state index contributed by atoms with van der Waals surface area (Å²) in [6.07, 6.45) is 0. The fourth-order valence-corrected chi connectivity index (χ4v) is 1.13. The Hall–Kier alpha value is -0.120. The quantitative estimate of drug-likeness (QED) is 0.562. The van der Waals surface area contributed by atoms with Crippen LogP contribution in [-0.4, -0.2) is 39.3 Å². The molecule has 1 radical (unpaired) electrons.